The molecule has 382 valence electrons. The molecule has 0 saturated heterocycles. The number of hydrogen-bond donors (Lipinski definition) is 0. The summed E-state index contributed by atoms with van der Waals surface area (Å²) in [6.45, 7) is 18.3. The van der Waals surface area contributed by atoms with Gasteiger partial charge in [-0.2, -0.15) is 0 Å². The van der Waals surface area contributed by atoms with Crippen LogP contribution < -0.4 is 0 Å². The quantitative estimate of drug-likeness (QED) is 0.0549. The Morgan fingerprint density at radius 3 is 0.575 bits per heavy atom. The third-order valence-corrected chi connectivity index (χ3v) is 11.5. The maximum Gasteiger partial charge on any atom is 3.00 e. The van der Waals surface area contributed by atoms with Crippen LogP contribution in [0.15, 0.2) is 91.8 Å². The maximum atomic E-state index is 4.67. The molecular weight excluding hydrogens is 1060 g/mol. The molecule has 9 rings (SSSR count). The molecule has 0 aromatic carbocycles. The number of aromatic nitrogens is 21. The van der Waals surface area contributed by atoms with Crippen molar-refractivity contribution in [1.29, 1.82) is 0 Å². The van der Waals surface area contributed by atoms with Crippen molar-refractivity contribution < 1.29 is 49.4 Å². The normalized spacial score (nSPS) is 10.9. The Labute approximate surface area is 468 Å². The van der Waals surface area contributed by atoms with Crippen molar-refractivity contribution in [3.05, 3.63) is 91.8 Å². The predicted octanol–water partition coefficient (Wildman–Crippen LogP) is 9.60. The van der Waals surface area contributed by atoms with Crippen LogP contribution in [0.25, 0.3) is 68.3 Å². The second-order valence-corrected chi connectivity index (χ2v) is 17.5. The number of hydrogen-bond acceptors (Lipinski definition) is 15. The van der Waals surface area contributed by atoms with E-state index in [1.165, 1.54) is 0 Å². The van der Waals surface area contributed by atoms with Crippen LogP contribution >= 0.6 is 0 Å². The molecule has 21 nitrogen and oxygen atoms in total. The Morgan fingerprint density at radius 1 is 0.260 bits per heavy atom. The van der Waals surface area contributed by atoms with Gasteiger partial charge >= 0.3 is 49.4 Å². The third kappa shape index (κ3) is 17.0. The van der Waals surface area contributed by atoms with Crippen LogP contribution in [0.5, 0.6) is 0 Å². The smallest absolute Gasteiger partial charge is 0.252 e. The summed E-state index contributed by atoms with van der Waals surface area (Å²) >= 11 is 0. The number of rotatable bonds is 24. The first-order valence-corrected chi connectivity index (χ1v) is 25.7. The fraction of sp³-hybridized carbons (Fsp3) is 0.471. The third-order valence-electron chi connectivity index (χ3n) is 11.5. The topological polar surface area (TPSA) is 223 Å². The van der Waals surface area contributed by atoms with Crippen LogP contribution in [0, 0.1) is 49.4 Å². The monoisotopic (exact) mass is 1130 g/mol. The molecule has 0 radical (unpaired) electrons. The Bertz CT molecular complexity index is 2460. The van der Waals surface area contributed by atoms with E-state index < -0.39 is 0 Å². The van der Waals surface area contributed by atoms with Gasteiger partial charge in [0.15, 0.2) is 0 Å². The van der Waals surface area contributed by atoms with Gasteiger partial charge in [-0.05, 0) is 74.9 Å². The van der Waals surface area contributed by atoms with Crippen LogP contribution in [0.2, 0.25) is 0 Å². The van der Waals surface area contributed by atoms with Crippen molar-refractivity contribution in [3.8, 4) is 68.3 Å². The van der Waals surface area contributed by atoms with Gasteiger partial charge in [-0.15, -0.1) is 30.6 Å². The second-order valence-electron chi connectivity index (χ2n) is 17.5. The minimum absolute atomic E-state index is 0. The summed E-state index contributed by atoms with van der Waals surface area (Å²) in [4.78, 5) is 14.0. The Balaban J connectivity index is 0.000000177. The van der Waals surface area contributed by atoms with E-state index >= 15 is 0 Å². The molecule has 0 spiro atoms. The maximum absolute atomic E-state index is 4.67. The minimum Gasteiger partial charge on any atom is -0.252 e. The van der Waals surface area contributed by atoms with Crippen molar-refractivity contribution in [2.24, 2.45) is 0 Å². The summed E-state index contributed by atoms with van der Waals surface area (Å²) in [6, 6.07) is 17.6. The van der Waals surface area contributed by atoms with Gasteiger partial charge in [0.1, 0.15) is 34.2 Å². The van der Waals surface area contributed by atoms with Crippen LogP contribution in [-0.4, -0.2) is 105 Å². The number of unbranched alkanes of at least 4 members (excludes halogenated alkanes) is 6. The number of pyridine rings is 3. The fourth-order valence-electron chi connectivity index (χ4n) is 7.23. The van der Waals surface area contributed by atoms with Gasteiger partial charge < -0.3 is 0 Å². The van der Waals surface area contributed by atoms with E-state index in [1.54, 1.807) is 0 Å². The average Bonchev–Trinajstić information content (AvgIpc) is 4.30. The first-order valence-electron chi connectivity index (χ1n) is 25.7. The summed E-state index contributed by atoms with van der Waals surface area (Å²) < 4.78 is 11.2. The molecule has 0 N–H and O–H groups in total. The van der Waals surface area contributed by atoms with E-state index in [0.717, 1.165) is 185 Å². The van der Waals surface area contributed by atoms with Crippen LogP contribution in [0.3, 0.4) is 0 Å². The number of aryl methyl sites for hydroxylation is 6. The van der Waals surface area contributed by atoms with E-state index in [-0.39, 0.29) is 49.4 Å². The Hall–Kier alpha value is -6.13. The molecule has 22 heteroatoms. The molecule has 0 atom stereocenters. The molecule has 0 aliphatic carbocycles. The van der Waals surface area contributed by atoms with Crippen molar-refractivity contribution in [2.45, 2.75) is 158 Å². The summed E-state index contributed by atoms with van der Waals surface area (Å²) in [5.41, 5.74) is 9.53. The van der Waals surface area contributed by atoms with Crippen molar-refractivity contribution in [3.63, 3.8) is 0 Å². The predicted molar refractivity (Wildman–Crippen MR) is 276 cm³/mol. The Morgan fingerprint density at radius 2 is 0.425 bits per heavy atom. The zero-order valence-corrected chi connectivity index (χ0v) is 45.6. The van der Waals surface area contributed by atoms with E-state index in [4.69, 9.17) is 0 Å². The standard InChI is InChI=1S/3C17H23N7.Eu/c3*1-3-5-10-23-12-16(19-21-23)14-8-7-9-15(18-14)17-13-24(22-20-17)11-6-4-2;/h3*7-9,12-13H,3-6,10-11H2,1-2H3;/q;;;+3. The molecule has 9 aromatic rings. The summed E-state index contributed by atoms with van der Waals surface area (Å²) in [5.74, 6) is 0. The van der Waals surface area contributed by atoms with Crippen molar-refractivity contribution in [2.75, 3.05) is 0 Å². The zero-order chi connectivity index (χ0) is 50.3. The van der Waals surface area contributed by atoms with Gasteiger partial charge in [0.2, 0.25) is 0 Å². The van der Waals surface area contributed by atoms with Crippen LogP contribution in [-0.2, 0) is 39.3 Å². The van der Waals surface area contributed by atoms with Crippen molar-refractivity contribution >= 4 is 0 Å². The summed E-state index contributed by atoms with van der Waals surface area (Å²) in [6.07, 6.45) is 25.0. The molecule has 73 heavy (non-hydrogen) atoms. The largest absolute Gasteiger partial charge is 3.00 e. The minimum atomic E-state index is 0. The van der Waals surface area contributed by atoms with Crippen molar-refractivity contribution in [1.82, 2.24) is 105 Å². The molecule has 0 unspecified atom stereocenters. The first kappa shape index (κ1) is 56.2. The van der Waals surface area contributed by atoms with E-state index in [1.807, 2.05) is 120 Å². The zero-order valence-electron chi connectivity index (χ0n) is 43.2. The van der Waals surface area contributed by atoms with E-state index in [2.05, 4.69) is 118 Å². The average molecular weight is 1130 g/mol. The second kappa shape index (κ2) is 30.2. The molecule has 0 aliphatic rings. The molecule has 9 aromatic heterocycles. The van der Waals surface area contributed by atoms with Gasteiger partial charge in [-0.1, -0.05) is 130 Å². The summed E-state index contributed by atoms with van der Waals surface area (Å²) in [5, 5.41) is 50.4. The molecular formula is C51H69EuN21+3. The first-order chi connectivity index (χ1) is 35.4. The fourth-order valence-corrected chi connectivity index (χ4v) is 7.23. The molecule has 0 amide bonds. The molecule has 0 fully saturated rings. The van der Waals surface area contributed by atoms with Crippen LogP contribution in [0.1, 0.15) is 119 Å². The SMILES string of the molecule is CCCCn1cc(-c2cccc(-c3cn(CCCC)nn3)n2)nn1.CCCCn1cc(-c2cccc(-c3cn(CCCC)nn3)n2)nn1.CCCCn1cc(-c2cccc(-c3cn(CCCC)nn3)n2)nn1.[Eu+3]. The van der Waals surface area contributed by atoms with E-state index in [9.17, 15) is 0 Å². The number of nitrogens with zero attached hydrogens (tertiary/aromatic N) is 21. The van der Waals surface area contributed by atoms with Gasteiger partial charge in [0.05, 0.1) is 71.3 Å². The van der Waals surface area contributed by atoms with Gasteiger partial charge in [-0.3, -0.25) is 28.1 Å². The van der Waals surface area contributed by atoms with Gasteiger partial charge in [0.25, 0.3) is 0 Å². The van der Waals surface area contributed by atoms with Crippen LogP contribution in [0.4, 0.5) is 0 Å². The van der Waals surface area contributed by atoms with Gasteiger partial charge in [-0.25, -0.2) is 15.0 Å². The Kier molecular flexibility index (Phi) is 23.2. The van der Waals surface area contributed by atoms with E-state index in [0.29, 0.717) is 0 Å². The molecule has 0 aliphatic heterocycles. The molecule has 0 saturated carbocycles. The molecule has 9 heterocycles. The van der Waals surface area contributed by atoms with Gasteiger partial charge in [0, 0.05) is 39.3 Å². The summed E-state index contributed by atoms with van der Waals surface area (Å²) in [7, 11) is 0. The molecule has 0 bridgehead atoms.